The van der Waals surface area contributed by atoms with Crippen LogP contribution in [-0.4, -0.2) is 11.6 Å². The zero-order valence-corrected chi connectivity index (χ0v) is 14.3. The van der Waals surface area contributed by atoms with Crippen molar-refractivity contribution in [1.29, 1.82) is 0 Å². The summed E-state index contributed by atoms with van der Waals surface area (Å²) in [6.07, 6.45) is 7.07. The van der Waals surface area contributed by atoms with Crippen molar-refractivity contribution in [2.75, 3.05) is 0 Å². The summed E-state index contributed by atoms with van der Waals surface area (Å²) in [5, 5.41) is 0. The van der Waals surface area contributed by atoms with E-state index in [1.165, 1.54) is 25.7 Å². The minimum Gasteiger partial charge on any atom is -0.299 e. The van der Waals surface area contributed by atoms with Gasteiger partial charge in [0.25, 0.3) is 0 Å². The maximum Gasteiger partial charge on any atom is 0.162 e. The third-order valence-corrected chi connectivity index (χ3v) is 6.30. The lowest BCUT2D eigenvalue weighted by atomic mass is 9.67. The fourth-order valence-corrected chi connectivity index (χ4v) is 5.02. The maximum absolute atomic E-state index is 11.6. The predicted octanol–water partition coefficient (Wildman–Crippen LogP) is 4.93. The molecule has 1 aromatic rings. The topological polar surface area (TPSA) is 34.1 Å². The average molecular weight is 312 g/mol. The zero-order valence-electron chi connectivity index (χ0n) is 14.3. The number of rotatable bonds is 2. The number of carbonyl (C=O) groups excluding carboxylic acids is 2. The van der Waals surface area contributed by atoms with Gasteiger partial charge < -0.3 is 0 Å². The molecule has 0 aliphatic heterocycles. The number of Topliss-reactive ketones (excluding diaryl/α,β-unsaturated/α-hetero) is 2. The molecule has 3 aliphatic carbocycles. The summed E-state index contributed by atoms with van der Waals surface area (Å²) in [7, 11) is 0. The molecular weight excluding hydrogens is 284 g/mol. The van der Waals surface area contributed by atoms with Crippen LogP contribution >= 0.6 is 0 Å². The van der Waals surface area contributed by atoms with E-state index in [1.807, 2.05) is 37.3 Å². The molecule has 2 bridgehead atoms. The SMILES string of the molecule is CC1CC2C3CCC(C3)C2CC1=O.CCC(=O)c1ccccc1. The van der Waals surface area contributed by atoms with Gasteiger partial charge in [-0.1, -0.05) is 44.2 Å². The minimum atomic E-state index is 0.209. The molecule has 5 atom stereocenters. The lowest BCUT2D eigenvalue weighted by molar-refractivity contribution is -0.127. The molecule has 23 heavy (non-hydrogen) atoms. The number of ketones is 2. The van der Waals surface area contributed by atoms with Crippen molar-refractivity contribution in [3.63, 3.8) is 0 Å². The Morgan fingerprint density at radius 2 is 1.70 bits per heavy atom. The Kier molecular flexibility index (Phi) is 4.99. The van der Waals surface area contributed by atoms with Crippen molar-refractivity contribution in [2.45, 2.75) is 52.4 Å². The quantitative estimate of drug-likeness (QED) is 0.726. The second-order valence-corrected chi connectivity index (χ2v) is 7.61. The van der Waals surface area contributed by atoms with Gasteiger partial charge in [-0.15, -0.1) is 0 Å². The molecule has 2 heteroatoms. The first-order valence-electron chi connectivity index (χ1n) is 9.21. The van der Waals surface area contributed by atoms with Crippen molar-refractivity contribution < 1.29 is 9.59 Å². The molecule has 5 unspecified atom stereocenters. The number of hydrogen-bond acceptors (Lipinski definition) is 2. The summed E-state index contributed by atoms with van der Waals surface area (Å²) in [6.45, 7) is 4.00. The van der Waals surface area contributed by atoms with Gasteiger partial charge in [-0.25, -0.2) is 0 Å². The van der Waals surface area contributed by atoms with Gasteiger partial charge in [0.1, 0.15) is 5.78 Å². The highest BCUT2D eigenvalue weighted by atomic mass is 16.1. The first kappa shape index (κ1) is 16.4. The van der Waals surface area contributed by atoms with E-state index in [0.717, 1.165) is 35.7 Å². The molecule has 4 rings (SSSR count). The van der Waals surface area contributed by atoms with E-state index in [2.05, 4.69) is 6.92 Å². The first-order chi connectivity index (χ1) is 11.1. The van der Waals surface area contributed by atoms with Gasteiger partial charge in [-0.3, -0.25) is 9.59 Å². The lowest BCUT2D eigenvalue weighted by Gasteiger charge is -2.36. The summed E-state index contributed by atoms with van der Waals surface area (Å²) >= 11 is 0. The molecule has 124 valence electrons. The zero-order chi connectivity index (χ0) is 16.4. The van der Waals surface area contributed by atoms with Gasteiger partial charge in [0.05, 0.1) is 0 Å². The van der Waals surface area contributed by atoms with E-state index >= 15 is 0 Å². The highest BCUT2D eigenvalue weighted by Crippen LogP contribution is 2.57. The second kappa shape index (κ2) is 6.98. The Balaban J connectivity index is 0.000000142. The highest BCUT2D eigenvalue weighted by molar-refractivity contribution is 5.95. The minimum absolute atomic E-state index is 0.209. The van der Waals surface area contributed by atoms with Gasteiger partial charge in [-0.05, 0) is 49.4 Å². The molecule has 0 spiro atoms. The molecule has 0 N–H and O–H groups in total. The van der Waals surface area contributed by atoms with E-state index < -0.39 is 0 Å². The third kappa shape index (κ3) is 3.41. The standard InChI is InChI=1S/C12H18O.C9H10O/c1-7-4-10-8-2-3-9(5-8)11(10)6-12(7)13;1-2-9(10)8-6-4-3-5-7-8/h7-11H,2-6H2,1H3;3-7H,2H2,1H3. The molecular formula is C21H28O2. The molecule has 0 radical (unpaired) electrons. The molecule has 1 aromatic carbocycles. The lowest BCUT2D eigenvalue weighted by Crippen LogP contribution is -2.34. The summed E-state index contributed by atoms with van der Waals surface area (Å²) in [4.78, 5) is 22.6. The number of hydrogen-bond donors (Lipinski definition) is 0. The summed E-state index contributed by atoms with van der Waals surface area (Å²) in [5.41, 5.74) is 0.810. The fourth-order valence-electron chi connectivity index (χ4n) is 5.02. The molecule has 3 aliphatic rings. The van der Waals surface area contributed by atoms with Crippen molar-refractivity contribution in [3.05, 3.63) is 35.9 Å². The average Bonchev–Trinajstić information content (AvgIpc) is 3.18. The Morgan fingerprint density at radius 1 is 1.04 bits per heavy atom. The van der Waals surface area contributed by atoms with Crippen LogP contribution in [0.4, 0.5) is 0 Å². The Labute approximate surface area is 139 Å². The van der Waals surface area contributed by atoms with Crippen LogP contribution in [0.3, 0.4) is 0 Å². The summed E-state index contributed by atoms with van der Waals surface area (Å²) < 4.78 is 0. The number of carbonyl (C=O) groups is 2. The second-order valence-electron chi connectivity index (χ2n) is 7.61. The van der Waals surface area contributed by atoms with Gasteiger partial charge in [0, 0.05) is 24.3 Å². The van der Waals surface area contributed by atoms with Gasteiger partial charge in [0.2, 0.25) is 0 Å². The van der Waals surface area contributed by atoms with E-state index in [0.29, 0.717) is 18.1 Å². The molecule has 3 fully saturated rings. The van der Waals surface area contributed by atoms with E-state index in [-0.39, 0.29) is 5.78 Å². The van der Waals surface area contributed by atoms with Crippen LogP contribution < -0.4 is 0 Å². The smallest absolute Gasteiger partial charge is 0.162 e. The number of fused-ring (bicyclic) bond motifs is 5. The Morgan fingerprint density at radius 3 is 2.35 bits per heavy atom. The van der Waals surface area contributed by atoms with Crippen molar-refractivity contribution in [2.24, 2.45) is 29.6 Å². The van der Waals surface area contributed by atoms with Crippen LogP contribution in [0.2, 0.25) is 0 Å². The van der Waals surface area contributed by atoms with Crippen LogP contribution in [0, 0.1) is 29.6 Å². The van der Waals surface area contributed by atoms with Crippen LogP contribution in [0.25, 0.3) is 0 Å². The van der Waals surface area contributed by atoms with E-state index in [4.69, 9.17) is 0 Å². The summed E-state index contributed by atoms with van der Waals surface area (Å²) in [6, 6.07) is 9.34. The highest BCUT2D eigenvalue weighted by Gasteiger charge is 2.50. The normalized spacial score (nSPS) is 34.5. The molecule has 3 saturated carbocycles. The first-order valence-corrected chi connectivity index (χ1v) is 9.21. The van der Waals surface area contributed by atoms with Crippen LogP contribution in [-0.2, 0) is 4.79 Å². The van der Waals surface area contributed by atoms with Gasteiger partial charge >= 0.3 is 0 Å². The van der Waals surface area contributed by atoms with E-state index in [1.54, 1.807) is 0 Å². The van der Waals surface area contributed by atoms with Crippen LogP contribution in [0.15, 0.2) is 30.3 Å². The number of benzene rings is 1. The van der Waals surface area contributed by atoms with Crippen molar-refractivity contribution >= 4 is 11.6 Å². The van der Waals surface area contributed by atoms with E-state index in [9.17, 15) is 9.59 Å². The largest absolute Gasteiger partial charge is 0.299 e. The van der Waals surface area contributed by atoms with Crippen LogP contribution in [0.1, 0.15) is 62.7 Å². The van der Waals surface area contributed by atoms with Gasteiger partial charge in [0.15, 0.2) is 5.78 Å². The molecule has 0 aromatic heterocycles. The maximum atomic E-state index is 11.6. The molecule has 2 nitrogen and oxygen atoms in total. The Hall–Kier alpha value is -1.44. The monoisotopic (exact) mass is 312 g/mol. The summed E-state index contributed by atoms with van der Waals surface area (Å²) in [5.74, 6) is 4.82. The van der Waals surface area contributed by atoms with Crippen molar-refractivity contribution in [1.82, 2.24) is 0 Å². The van der Waals surface area contributed by atoms with Crippen molar-refractivity contribution in [3.8, 4) is 0 Å². The predicted molar refractivity (Wildman–Crippen MR) is 92.3 cm³/mol. The molecule has 0 amide bonds. The van der Waals surface area contributed by atoms with Crippen LogP contribution in [0.5, 0.6) is 0 Å². The fraction of sp³-hybridized carbons (Fsp3) is 0.619. The van der Waals surface area contributed by atoms with Gasteiger partial charge in [-0.2, -0.15) is 0 Å². The molecule has 0 heterocycles. The Bertz CT molecular complexity index is 562. The molecule has 0 saturated heterocycles. The third-order valence-electron chi connectivity index (χ3n) is 6.30.